The number of thiol groups is 1. The molecule has 0 unspecified atom stereocenters. The average molecular weight is 116 g/mol. The van der Waals surface area contributed by atoms with Crippen molar-refractivity contribution in [2.75, 3.05) is 6.79 Å². The fourth-order valence-corrected chi connectivity index (χ4v) is 1.13. The van der Waals surface area contributed by atoms with E-state index in [1.807, 2.05) is 5.41 Å². The zero-order chi connectivity index (χ0) is 4.69. The summed E-state index contributed by atoms with van der Waals surface area (Å²) in [5, 5.41) is 2.99. The van der Waals surface area contributed by atoms with Gasteiger partial charge >= 0.3 is 0 Å². The molecule has 0 saturated carbocycles. The van der Waals surface area contributed by atoms with E-state index in [4.69, 9.17) is 9.47 Å². The van der Waals surface area contributed by atoms with Gasteiger partial charge in [-0.15, -0.1) is 11.4 Å². The highest BCUT2D eigenvalue weighted by Gasteiger charge is 2.19. The molecule has 2 aliphatic rings. The van der Waals surface area contributed by atoms with Crippen LogP contribution >= 0.6 is 11.4 Å². The second-order valence-electron chi connectivity index (χ2n) is 1.33. The molecule has 0 aliphatic carbocycles. The first kappa shape index (κ1) is 3.69. The molecule has 1 fully saturated rings. The van der Waals surface area contributed by atoms with Crippen molar-refractivity contribution in [1.29, 1.82) is 0 Å². The van der Waals surface area contributed by atoms with Crippen LogP contribution in [0.5, 0.6) is 0 Å². The highest BCUT2D eigenvalue weighted by molar-refractivity contribution is 8.03. The van der Waals surface area contributed by atoms with Crippen LogP contribution in [0.3, 0.4) is 0 Å². The van der Waals surface area contributed by atoms with Gasteiger partial charge in [0.15, 0.2) is 12.6 Å². The maximum Gasteiger partial charge on any atom is 0.195 e. The Hall–Kier alpha value is -0.280. The van der Waals surface area contributed by atoms with E-state index in [1.54, 1.807) is 0 Å². The summed E-state index contributed by atoms with van der Waals surface area (Å²) in [6.45, 7) is 0.425. The van der Waals surface area contributed by atoms with Crippen molar-refractivity contribution in [3.05, 3.63) is 11.2 Å². The Balaban J connectivity index is 2.33. The van der Waals surface area contributed by atoms with Crippen LogP contribution in [0, 0.1) is 0 Å². The Kier molecular flexibility index (Phi) is 0.584. The Morgan fingerprint density at radius 3 is 2.86 bits per heavy atom. The van der Waals surface area contributed by atoms with Crippen molar-refractivity contribution >= 4 is 16.4 Å². The SMILES string of the molecule is C1=C2OCOC2=[SH]1. The largest absolute Gasteiger partial charge is 0.463 e. The van der Waals surface area contributed by atoms with Gasteiger partial charge in [-0.2, -0.15) is 0 Å². The third-order valence-electron chi connectivity index (χ3n) is 0.920. The van der Waals surface area contributed by atoms with E-state index in [0.29, 0.717) is 6.79 Å². The lowest BCUT2D eigenvalue weighted by atomic mass is 10.6. The molecular formula is C4H4O2S. The van der Waals surface area contributed by atoms with Gasteiger partial charge in [0.2, 0.25) is 0 Å². The van der Waals surface area contributed by atoms with Gasteiger partial charge in [0.25, 0.3) is 0 Å². The van der Waals surface area contributed by atoms with Crippen LogP contribution in [-0.4, -0.2) is 11.8 Å². The standard InChI is InChI=1S/C4H4O2S/c1-3-4(7-1)6-2-5-3/h1,7H,2H2. The predicted molar refractivity (Wildman–Crippen MR) is 29.1 cm³/mol. The van der Waals surface area contributed by atoms with E-state index in [2.05, 4.69) is 0 Å². The maximum atomic E-state index is 4.97. The van der Waals surface area contributed by atoms with E-state index in [-0.39, 0.29) is 0 Å². The van der Waals surface area contributed by atoms with E-state index in [9.17, 15) is 0 Å². The Morgan fingerprint density at radius 2 is 2.57 bits per heavy atom. The average Bonchev–Trinajstić information content (AvgIpc) is 1.85. The van der Waals surface area contributed by atoms with Crippen LogP contribution < -0.4 is 0 Å². The van der Waals surface area contributed by atoms with Crippen LogP contribution in [0.25, 0.3) is 0 Å². The molecular weight excluding hydrogens is 112 g/mol. The van der Waals surface area contributed by atoms with Crippen molar-refractivity contribution in [3.8, 4) is 0 Å². The summed E-state index contributed by atoms with van der Waals surface area (Å²) in [5.41, 5.74) is 0. The molecule has 38 valence electrons. The monoisotopic (exact) mass is 116 g/mol. The topological polar surface area (TPSA) is 18.5 Å². The molecule has 1 saturated heterocycles. The molecule has 0 aromatic rings. The lowest BCUT2D eigenvalue weighted by Crippen LogP contribution is -1.98. The zero-order valence-electron chi connectivity index (χ0n) is 3.55. The van der Waals surface area contributed by atoms with Crippen molar-refractivity contribution < 1.29 is 9.47 Å². The summed E-state index contributed by atoms with van der Waals surface area (Å²) in [5.74, 6) is 0.946. The minimum atomic E-state index is 0.425. The molecule has 0 spiro atoms. The van der Waals surface area contributed by atoms with Crippen molar-refractivity contribution in [2.45, 2.75) is 0 Å². The van der Waals surface area contributed by atoms with E-state index in [1.165, 1.54) is 11.4 Å². The number of fused-ring (bicyclic) bond motifs is 1. The smallest absolute Gasteiger partial charge is 0.195 e. The summed E-state index contributed by atoms with van der Waals surface area (Å²) in [6, 6.07) is 0. The molecule has 2 heterocycles. The van der Waals surface area contributed by atoms with Gasteiger partial charge < -0.3 is 4.74 Å². The fourth-order valence-electron chi connectivity index (χ4n) is 0.526. The summed E-state index contributed by atoms with van der Waals surface area (Å²) in [6.07, 6.45) is 0. The van der Waals surface area contributed by atoms with E-state index in [0.717, 1.165) is 10.8 Å². The summed E-state index contributed by atoms with van der Waals surface area (Å²) < 4.78 is 9.91. The van der Waals surface area contributed by atoms with Crippen LogP contribution in [-0.2, 0) is 9.47 Å². The first-order chi connectivity index (χ1) is 3.47. The van der Waals surface area contributed by atoms with Crippen LogP contribution in [0.2, 0.25) is 0 Å². The van der Waals surface area contributed by atoms with Crippen molar-refractivity contribution in [1.82, 2.24) is 0 Å². The first-order valence-corrected chi connectivity index (χ1v) is 2.97. The van der Waals surface area contributed by atoms with Gasteiger partial charge in [0.1, 0.15) is 5.05 Å². The minimum Gasteiger partial charge on any atom is -0.463 e. The summed E-state index contributed by atoms with van der Waals surface area (Å²) in [4.78, 5) is 0. The first-order valence-electron chi connectivity index (χ1n) is 2.01. The van der Waals surface area contributed by atoms with Gasteiger partial charge in [-0.3, -0.25) is 4.74 Å². The fraction of sp³-hybridized carbons (Fsp3) is 0.250. The Bertz CT molecular complexity index is 141. The van der Waals surface area contributed by atoms with Gasteiger partial charge in [-0.05, 0) is 0 Å². The predicted octanol–water partition coefficient (Wildman–Crippen LogP) is 0.441. The van der Waals surface area contributed by atoms with Crippen molar-refractivity contribution in [2.24, 2.45) is 0 Å². The second kappa shape index (κ2) is 1.11. The molecule has 0 bridgehead atoms. The Morgan fingerprint density at radius 1 is 1.57 bits per heavy atom. The second-order valence-corrected chi connectivity index (χ2v) is 2.26. The molecule has 0 N–H and O–H groups in total. The molecule has 7 heavy (non-hydrogen) atoms. The minimum absolute atomic E-state index is 0.425. The van der Waals surface area contributed by atoms with Gasteiger partial charge in [-0.25, -0.2) is 0 Å². The van der Waals surface area contributed by atoms with Gasteiger partial charge in [0, 0.05) is 5.41 Å². The number of hydrogen-bond acceptors (Lipinski definition) is 2. The molecule has 0 aromatic heterocycles. The number of rotatable bonds is 0. The summed E-state index contributed by atoms with van der Waals surface area (Å²) >= 11 is 1.17. The lowest BCUT2D eigenvalue weighted by Gasteiger charge is -2.00. The Labute approximate surface area is 44.7 Å². The number of ether oxygens (including phenoxy) is 2. The summed E-state index contributed by atoms with van der Waals surface area (Å²) in [7, 11) is 0. The third kappa shape index (κ3) is 0.365. The van der Waals surface area contributed by atoms with Crippen LogP contribution in [0.15, 0.2) is 11.2 Å². The van der Waals surface area contributed by atoms with Crippen LogP contribution in [0.4, 0.5) is 0 Å². The lowest BCUT2D eigenvalue weighted by molar-refractivity contribution is 0.116. The number of hydrogen-bond donors (Lipinski definition) is 1. The molecule has 2 nitrogen and oxygen atoms in total. The van der Waals surface area contributed by atoms with E-state index >= 15 is 0 Å². The molecule has 2 rings (SSSR count). The van der Waals surface area contributed by atoms with Gasteiger partial charge in [-0.1, -0.05) is 0 Å². The molecule has 0 aromatic carbocycles. The van der Waals surface area contributed by atoms with Crippen molar-refractivity contribution in [3.63, 3.8) is 0 Å². The van der Waals surface area contributed by atoms with Crippen LogP contribution in [0.1, 0.15) is 0 Å². The normalized spacial score (nSPS) is 25.1. The highest BCUT2D eigenvalue weighted by atomic mass is 32.1. The zero-order valence-corrected chi connectivity index (χ0v) is 4.44. The highest BCUT2D eigenvalue weighted by Crippen LogP contribution is 2.24. The third-order valence-corrected chi connectivity index (χ3v) is 1.87. The van der Waals surface area contributed by atoms with E-state index < -0.39 is 0 Å². The maximum absolute atomic E-state index is 4.97. The quantitative estimate of drug-likeness (QED) is 0.365. The molecule has 0 amide bonds. The molecule has 0 atom stereocenters. The van der Waals surface area contributed by atoms with Gasteiger partial charge in [0.05, 0.1) is 0 Å². The molecule has 2 aliphatic heterocycles. The molecule has 0 radical (unpaired) electrons. The molecule has 3 heteroatoms.